The molecule has 0 spiro atoms. The van der Waals surface area contributed by atoms with Crippen molar-refractivity contribution in [1.82, 2.24) is 15.1 Å². The predicted molar refractivity (Wildman–Crippen MR) is 121 cm³/mol. The van der Waals surface area contributed by atoms with E-state index in [2.05, 4.69) is 5.32 Å². The molecule has 2 aromatic carbocycles. The number of rotatable bonds is 6. The number of alkyl halides is 3. The summed E-state index contributed by atoms with van der Waals surface area (Å²) in [6, 6.07) is 16.8. The van der Waals surface area contributed by atoms with Crippen molar-refractivity contribution in [3.8, 4) is 0 Å². The minimum absolute atomic E-state index is 0.00752. The third-order valence-corrected chi connectivity index (χ3v) is 5.18. The lowest BCUT2D eigenvalue weighted by atomic mass is 10.1. The van der Waals surface area contributed by atoms with Crippen LogP contribution in [0.3, 0.4) is 0 Å². The van der Waals surface area contributed by atoms with Crippen molar-refractivity contribution in [1.29, 1.82) is 0 Å². The van der Waals surface area contributed by atoms with E-state index < -0.39 is 12.1 Å². The van der Waals surface area contributed by atoms with Crippen molar-refractivity contribution in [3.63, 3.8) is 0 Å². The molecule has 1 saturated heterocycles. The zero-order valence-corrected chi connectivity index (χ0v) is 19.0. The molecular weight excluding hydrogens is 475 g/mol. The zero-order chi connectivity index (χ0) is 25.1. The van der Waals surface area contributed by atoms with Gasteiger partial charge in [0, 0.05) is 43.3 Å². The SMILES string of the molecule is O=C(CN(CCc1ccccc1)C(=O)c1ccc(Cl)cc1)N1CCNCC1.O=C(O)C(F)(F)F. The average molecular weight is 500 g/mol. The summed E-state index contributed by atoms with van der Waals surface area (Å²) in [6.07, 6.45) is -4.38. The maximum Gasteiger partial charge on any atom is 0.490 e. The topological polar surface area (TPSA) is 90.0 Å². The Balaban J connectivity index is 0.000000509. The van der Waals surface area contributed by atoms with Gasteiger partial charge in [-0.05, 0) is 36.2 Å². The van der Waals surface area contributed by atoms with Gasteiger partial charge in [0.25, 0.3) is 5.91 Å². The van der Waals surface area contributed by atoms with E-state index in [4.69, 9.17) is 21.5 Å². The largest absolute Gasteiger partial charge is 0.490 e. The first kappa shape index (κ1) is 27.1. The van der Waals surface area contributed by atoms with Gasteiger partial charge in [0.05, 0.1) is 0 Å². The fourth-order valence-electron chi connectivity index (χ4n) is 3.11. The summed E-state index contributed by atoms with van der Waals surface area (Å²) in [5.74, 6) is -2.91. The second-order valence-corrected chi connectivity index (χ2v) is 7.84. The number of hydrogen-bond acceptors (Lipinski definition) is 4. The molecule has 184 valence electrons. The number of carboxylic acid groups (broad SMARTS) is 1. The van der Waals surface area contributed by atoms with Gasteiger partial charge in [0.1, 0.15) is 6.54 Å². The van der Waals surface area contributed by atoms with Crippen LogP contribution in [0.1, 0.15) is 15.9 Å². The Hall–Kier alpha value is -3.11. The molecule has 1 heterocycles. The fraction of sp³-hybridized carbons (Fsp3) is 0.348. The normalized spacial score (nSPS) is 13.5. The Morgan fingerprint density at radius 3 is 2.09 bits per heavy atom. The number of carboxylic acids is 1. The first-order valence-corrected chi connectivity index (χ1v) is 10.8. The lowest BCUT2D eigenvalue weighted by Crippen LogP contribution is -2.50. The van der Waals surface area contributed by atoms with E-state index in [0.29, 0.717) is 36.6 Å². The highest BCUT2D eigenvalue weighted by Gasteiger charge is 2.38. The van der Waals surface area contributed by atoms with Gasteiger partial charge in [-0.15, -0.1) is 0 Å². The molecule has 2 N–H and O–H groups in total. The summed E-state index contributed by atoms with van der Waals surface area (Å²) in [6.45, 7) is 3.53. The second-order valence-electron chi connectivity index (χ2n) is 7.40. The molecule has 3 rings (SSSR count). The van der Waals surface area contributed by atoms with Gasteiger partial charge in [-0.2, -0.15) is 13.2 Å². The van der Waals surface area contributed by atoms with Crippen molar-refractivity contribution in [3.05, 3.63) is 70.7 Å². The molecule has 2 aromatic rings. The molecule has 0 unspecified atom stereocenters. The van der Waals surface area contributed by atoms with E-state index in [9.17, 15) is 22.8 Å². The lowest BCUT2D eigenvalue weighted by molar-refractivity contribution is -0.192. The van der Waals surface area contributed by atoms with Crippen LogP contribution < -0.4 is 5.32 Å². The van der Waals surface area contributed by atoms with Crippen molar-refractivity contribution >= 4 is 29.4 Å². The third kappa shape index (κ3) is 9.03. The first-order chi connectivity index (χ1) is 16.1. The van der Waals surface area contributed by atoms with Gasteiger partial charge in [0.2, 0.25) is 5.91 Å². The van der Waals surface area contributed by atoms with Crippen LogP contribution in [0.2, 0.25) is 5.02 Å². The Morgan fingerprint density at radius 2 is 1.56 bits per heavy atom. The third-order valence-electron chi connectivity index (χ3n) is 4.93. The number of hydrogen-bond donors (Lipinski definition) is 2. The summed E-state index contributed by atoms with van der Waals surface area (Å²) < 4.78 is 31.7. The van der Waals surface area contributed by atoms with Crippen LogP contribution in [0.5, 0.6) is 0 Å². The number of amides is 2. The van der Waals surface area contributed by atoms with Crippen LogP contribution >= 0.6 is 11.6 Å². The highest BCUT2D eigenvalue weighted by molar-refractivity contribution is 6.30. The van der Waals surface area contributed by atoms with Crippen LogP contribution in [-0.2, 0) is 16.0 Å². The Labute approximate surface area is 200 Å². The molecule has 34 heavy (non-hydrogen) atoms. The monoisotopic (exact) mass is 499 g/mol. The number of carbonyl (C=O) groups excluding carboxylic acids is 2. The number of nitrogens with zero attached hydrogens (tertiary/aromatic N) is 2. The predicted octanol–water partition coefficient (Wildman–Crippen LogP) is 3.09. The average Bonchev–Trinajstić information content (AvgIpc) is 2.82. The van der Waals surface area contributed by atoms with E-state index >= 15 is 0 Å². The molecule has 0 atom stereocenters. The molecule has 0 aromatic heterocycles. The molecule has 7 nitrogen and oxygen atoms in total. The summed E-state index contributed by atoms with van der Waals surface area (Å²) in [5, 5.41) is 10.9. The first-order valence-electron chi connectivity index (χ1n) is 10.5. The van der Waals surface area contributed by atoms with Crippen LogP contribution in [0, 0.1) is 0 Å². The lowest BCUT2D eigenvalue weighted by Gasteiger charge is -2.30. The summed E-state index contributed by atoms with van der Waals surface area (Å²) in [7, 11) is 0. The quantitative estimate of drug-likeness (QED) is 0.637. The van der Waals surface area contributed by atoms with Gasteiger partial charge >= 0.3 is 12.1 Å². The summed E-state index contributed by atoms with van der Waals surface area (Å²) >= 11 is 5.93. The minimum Gasteiger partial charge on any atom is -0.475 e. The highest BCUT2D eigenvalue weighted by atomic mass is 35.5. The molecule has 1 aliphatic rings. The van der Waals surface area contributed by atoms with Crippen LogP contribution in [0.25, 0.3) is 0 Å². The number of carbonyl (C=O) groups is 3. The number of halogens is 4. The number of benzene rings is 2. The molecule has 0 saturated carbocycles. The van der Waals surface area contributed by atoms with Crippen molar-refractivity contribution in [2.45, 2.75) is 12.6 Å². The number of nitrogens with one attached hydrogen (secondary N) is 1. The Bertz CT molecular complexity index is 950. The van der Waals surface area contributed by atoms with E-state index in [1.165, 1.54) is 0 Å². The molecule has 0 radical (unpaired) electrons. The maximum absolute atomic E-state index is 13.0. The molecule has 11 heteroatoms. The van der Waals surface area contributed by atoms with Crippen LogP contribution in [0.4, 0.5) is 13.2 Å². The van der Waals surface area contributed by atoms with E-state index in [0.717, 1.165) is 18.7 Å². The molecule has 2 amide bonds. The molecule has 0 aliphatic carbocycles. The second kappa shape index (κ2) is 13.0. The molecule has 0 bridgehead atoms. The minimum atomic E-state index is -5.08. The van der Waals surface area contributed by atoms with Crippen LogP contribution in [0.15, 0.2) is 54.6 Å². The van der Waals surface area contributed by atoms with Gasteiger partial charge in [-0.3, -0.25) is 9.59 Å². The maximum atomic E-state index is 13.0. The molecular formula is C23H25ClF3N3O4. The molecule has 1 aliphatic heterocycles. The highest BCUT2D eigenvalue weighted by Crippen LogP contribution is 2.14. The van der Waals surface area contributed by atoms with Gasteiger partial charge < -0.3 is 20.2 Å². The Morgan fingerprint density at radius 1 is 1.00 bits per heavy atom. The van der Waals surface area contributed by atoms with Gasteiger partial charge in [0.15, 0.2) is 0 Å². The zero-order valence-electron chi connectivity index (χ0n) is 18.2. The fourth-order valence-corrected chi connectivity index (χ4v) is 3.24. The van der Waals surface area contributed by atoms with Gasteiger partial charge in [-0.1, -0.05) is 41.9 Å². The Kier molecular flexibility index (Phi) is 10.3. The van der Waals surface area contributed by atoms with Crippen molar-refractivity contribution < 1.29 is 32.7 Å². The van der Waals surface area contributed by atoms with Crippen molar-refractivity contribution in [2.24, 2.45) is 0 Å². The van der Waals surface area contributed by atoms with E-state index in [1.54, 1.807) is 29.2 Å². The number of piperazine rings is 1. The standard InChI is InChI=1S/C21H24ClN3O2.C2HF3O2/c22-19-8-6-18(7-9-19)21(27)25(13-10-17-4-2-1-3-5-17)16-20(26)24-14-11-23-12-15-24;3-2(4,5)1(6)7/h1-9,23H,10-16H2;(H,6,7). The van der Waals surface area contributed by atoms with E-state index in [-0.39, 0.29) is 18.4 Å². The summed E-state index contributed by atoms with van der Waals surface area (Å²) in [4.78, 5) is 38.0. The van der Waals surface area contributed by atoms with E-state index in [1.807, 2.05) is 35.2 Å². The summed E-state index contributed by atoms with van der Waals surface area (Å²) in [5.41, 5.74) is 1.68. The van der Waals surface area contributed by atoms with Crippen molar-refractivity contribution in [2.75, 3.05) is 39.3 Å². The molecule has 1 fully saturated rings. The van der Waals surface area contributed by atoms with Gasteiger partial charge in [-0.25, -0.2) is 4.79 Å². The van der Waals surface area contributed by atoms with Crippen LogP contribution in [-0.4, -0.2) is 78.1 Å². The number of aliphatic carboxylic acids is 1. The smallest absolute Gasteiger partial charge is 0.475 e.